The molecule has 0 aliphatic carbocycles. The number of halogens is 1. The van der Waals surface area contributed by atoms with Crippen molar-refractivity contribution in [2.24, 2.45) is 0 Å². The Morgan fingerprint density at radius 3 is 2.58 bits per heavy atom. The van der Waals surface area contributed by atoms with Gasteiger partial charge in [0.15, 0.2) is 0 Å². The smallest absolute Gasteiger partial charge is 0.258 e. The lowest BCUT2D eigenvalue weighted by Crippen LogP contribution is -2.26. The Kier molecular flexibility index (Phi) is 3.51. The Bertz CT molecular complexity index is 605. The number of rotatable bonds is 2. The Morgan fingerprint density at radius 1 is 1.21 bits per heavy atom. The molecule has 2 rings (SSSR count). The molecule has 0 spiro atoms. The Hall–Kier alpha value is -2.36. The molecule has 0 aromatic heterocycles. The maximum absolute atomic E-state index is 13.3. The van der Waals surface area contributed by atoms with E-state index in [1.54, 1.807) is 44.3 Å². The third kappa shape index (κ3) is 2.91. The van der Waals surface area contributed by atoms with E-state index in [1.165, 1.54) is 17.0 Å². The zero-order valence-electron chi connectivity index (χ0n) is 10.9. The molecule has 2 N–H and O–H groups in total. The highest BCUT2D eigenvalue weighted by atomic mass is 19.1. The lowest BCUT2D eigenvalue weighted by Gasteiger charge is -2.18. The summed E-state index contributed by atoms with van der Waals surface area (Å²) in [5, 5.41) is 0. The van der Waals surface area contributed by atoms with Gasteiger partial charge in [0.25, 0.3) is 5.91 Å². The van der Waals surface area contributed by atoms with Crippen molar-refractivity contribution in [2.45, 2.75) is 6.92 Å². The molecule has 0 fully saturated rings. The second kappa shape index (κ2) is 5.10. The van der Waals surface area contributed by atoms with Crippen LogP contribution in [0.4, 0.5) is 15.8 Å². The summed E-state index contributed by atoms with van der Waals surface area (Å²) in [5.74, 6) is -0.683. The minimum Gasteiger partial charge on any atom is -0.399 e. The van der Waals surface area contributed by atoms with Crippen molar-refractivity contribution < 1.29 is 9.18 Å². The van der Waals surface area contributed by atoms with E-state index in [9.17, 15) is 9.18 Å². The first kappa shape index (κ1) is 13.1. The number of amides is 1. The summed E-state index contributed by atoms with van der Waals surface area (Å²) in [5.41, 5.74) is 7.97. The molecule has 4 heteroatoms. The van der Waals surface area contributed by atoms with Crippen LogP contribution < -0.4 is 10.6 Å². The van der Waals surface area contributed by atoms with Crippen LogP contribution in [-0.4, -0.2) is 13.0 Å². The minimum absolute atomic E-state index is 0.270. The molecule has 2 aromatic carbocycles. The van der Waals surface area contributed by atoms with Crippen LogP contribution in [0, 0.1) is 12.7 Å². The van der Waals surface area contributed by atoms with Gasteiger partial charge < -0.3 is 10.6 Å². The molecular weight excluding hydrogens is 243 g/mol. The van der Waals surface area contributed by atoms with E-state index in [0.717, 1.165) is 0 Å². The average molecular weight is 258 g/mol. The van der Waals surface area contributed by atoms with Crippen LogP contribution in [0.5, 0.6) is 0 Å². The van der Waals surface area contributed by atoms with Gasteiger partial charge in [-0.2, -0.15) is 0 Å². The van der Waals surface area contributed by atoms with E-state index >= 15 is 0 Å². The number of anilines is 2. The van der Waals surface area contributed by atoms with Gasteiger partial charge in [-0.15, -0.1) is 0 Å². The highest BCUT2D eigenvalue weighted by Gasteiger charge is 2.14. The standard InChI is InChI=1S/C15H15FN2O/c1-10-6-11(8-12(16)7-10)15(19)18(2)14-5-3-4-13(17)9-14/h3-9H,17H2,1-2H3. The molecule has 2 aromatic rings. The second-order valence-electron chi connectivity index (χ2n) is 4.48. The average Bonchev–Trinajstić information content (AvgIpc) is 2.36. The fraction of sp³-hybridized carbons (Fsp3) is 0.133. The van der Waals surface area contributed by atoms with Gasteiger partial charge in [-0.3, -0.25) is 4.79 Å². The van der Waals surface area contributed by atoms with Crippen molar-refractivity contribution in [3.8, 4) is 0 Å². The molecule has 0 saturated carbocycles. The van der Waals surface area contributed by atoms with E-state index in [1.807, 2.05) is 0 Å². The van der Waals surface area contributed by atoms with Crippen molar-refractivity contribution in [3.63, 3.8) is 0 Å². The van der Waals surface area contributed by atoms with Gasteiger partial charge in [0.05, 0.1) is 0 Å². The predicted octanol–water partition coefficient (Wildman–Crippen LogP) is 2.99. The monoisotopic (exact) mass is 258 g/mol. The number of hydrogen-bond acceptors (Lipinski definition) is 2. The molecule has 0 heterocycles. The maximum atomic E-state index is 13.3. The first-order valence-electron chi connectivity index (χ1n) is 5.88. The Labute approximate surface area is 111 Å². The largest absolute Gasteiger partial charge is 0.399 e. The molecule has 0 bridgehead atoms. The summed E-state index contributed by atoms with van der Waals surface area (Å²) in [7, 11) is 1.64. The molecule has 0 aliphatic rings. The fourth-order valence-corrected chi connectivity index (χ4v) is 1.90. The minimum atomic E-state index is -0.413. The number of benzene rings is 2. The number of nitrogens with two attached hydrogens (primary N) is 1. The molecule has 0 radical (unpaired) electrons. The van der Waals surface area contributed by atoms with Crippen molar-refractivity contribution in [3.05, 3.63) is 59.4 Å². The summed E-state index contributed by atoms with van der Waals surface area (Å²) in [4.78, 5) is 13.7. The lowest BCUT2D eigenvalue weighted by molar-refractivity contribution is 0.0992. The Balaban J connectivity index is 2.33. The van der Waals surface area contributed by atoms with Gasteiger partial charge in [-0.1, -0.05) is 6.07 Å². The topological polar surface area (TPSA) is 46.3 Å². The van der Waals surface area contributed by atoms with Crippen molar-refractivity contribution in [1.82, 2.24) is 0 Å². The van der Waals surface area contributed by atoms with Crippen LogP contribution in [0.1, 0.15) is 15.9 Å². The van der Waals surface area contributed by atoms with Crippen LogP contribution in [0.25, 0.3) is 0 Å². The molecule has 98 valence electrons. The number of carbonyl (C=O) groups excluding carboxylic acids is 1. The van der Waals surface area contributed by atoms with Crippen LogP contribution in [0.2, 0.25) is 0 Å². The van der Waals surface area contributed by atoms with E-state index < -0.39 is 5.82 Å². The highest BCUT2D eigenvalue weighted by Crippen LogP contribution is 2.19. The van der Waals surface area contributed by atoms with Gasteiger partial charge >= 0.3 is 0 Å². The highest BCUT2D eigenvalue weighted by molar-refractivity contribution is 6.06. The molecule has 0 aliphatic heterocycles. The van der Waals surface area contributed by atoms with Gasteiger partial charge in [-0.25, -0.2) is 4.39 Å². The fourth-order valence-electron chi connectivity index (χ4n) is 1.90. The van der Waals surface area contributed by atoms with E-state index in [2.05, 4.69) is 0 Å². The van der Waals surface area contributed by atoms with Gasteiger partial charge in [0, 0.05) is 24.0 Å². The van der Waals surface area contributed by atoms with E-state index in [0.29, 0.717) is 22.5 Å². The van der Waals surface area contributed by atoms with Crippen LogP contribution in [0.3, 0.4) is 0 Å². The molecule has 0 saturated heterocycles. The maximum Gasteiger partial charge on any atom is 0.258 e. The molecule has 3 nitrogen and oxygen atoms in total. The Morgan fingerprint density at radius 2 is 1.95 bits per heavy atom. The summed E-state index contributed by atoms with van der Waals surface area (Å²) >= 11 is 0. The third-order valence-corrected chi connectivity index (χ3v) is 2.85. The van der Waals surface area contributed by atoms with Crippen molar-refractivity contribution in [1.29, 1.82) is 0 Å². The van der Waals surface area contributed by atoms with Crippen LogP contribution in [0.15, 0.2) is 42.5 Å². The lowest BCUT2D eigenvalue weighted by atomic mass is 10.1. The van der Waals surface area contributed by atoms with E-state index in [4.69, 9.17) is 5.73 Å². The summed E-state index contributed by atoms with van der Waals surface area (Å²) in [6, 6.07) is 11.3. The number of hydrogen-bond donors (Lipinski definition) is 1. The predicted molar refractivity (Wildman–Crippen MR) is 74.7 cm³/mol. The van der Waals surface area contributed by atoms with E-state index in [-0.39, 0.29) is 5.91 Å². The molecule has 1 amide bonds. The summed E-state index contributed by atoms with van der Waals surface area (Å²) in [6.07, 6.45) is 0. The van der Waals surface area contributed by atoms with Crippen molar-refractivity contribution >= 4 is 17.3 Å². The molecule has 0 atom stereocenters. The molecule has 19 heavy (non-hydrogen) atoms. The number of nitrogen functional groups attached to an aromatic ring is 1. The van der Waals surface area contributed by atoms with Gasteiger partial charge in [0.1, 0.15) is 5.82 Å². The van der Waals surface area contributed by atoms with Gasteiger partial charge in [-0.05, 0) is 48.9 Å². The quantitative estimate of drug-likeness (QED) is 0.842. The third-order valence-electron chi connectivity index (χ3n) is 2.85. The van der Waals surface area contributed by atoms with Crippen LogP contribution >= 0.6 is 0 Å². The molecular formula is C15H15FN2O. The first-order valence-corrected chi connectivity index (χ1v) is 5.88. The zero-order valence-corrected chi connectivity index (χ0v) is 10.9. The zero-order chi connectivity index (χ0) is 14.0. The van der Waals surface area contributed by atoms with Crippen molar-refractivity contribution in [2.75, 3.05) is 17.7 Å². The summed E-state index contributed by atoms with van der Waals surface area (Å²) in [6.45, 7) is 1.75. The number of carbonyl (C=O) groups is 1. The van der Waals surface area contributed by atoms with Crippen LogP contribution in [-0.2, 0) is 0 Å². The normalized spacial score (nSPS) is 10.3. The molecule has 0 unspecified atom stereocenters. The second-order valence-corrected chi connectivity index (χ2v) is 4.48. The number of aryl methyl sites for hydroxylation is 1. The SMILES string of the molecule is Cc1cc(F)cc(C(=O)N(C)c2cccc(N)c2)c1. The summed E-state index contributed by atoms with van der Waals surface area (Å²) < 4.78 is 13.3. The van der Waals surface area contributed by atoms with Gasteiger partial charge in [0.2, 0.25) is 0 Å². The number of nitrogens with zero attached hydrogens (tertiary/aromatic N) is 1. The first-order chi connectivity index (χ1) is 8.97.